The van der Waals surface area contributed by atoms with Crippen LogP contribution in [-0.4, -0.2) is 51.2 Å². The summed E-state index contributed by atoms with van der Waals surface area (Å²) in [5.74, 6) is 0. The molecule has 0 amide bonds. The number of rotatable bonds is 8. The topological polar surface area (TPSA) is 57.2 Å². The summed E-state index contributed by atoms with van der Waals surface area (Å²) >= 11 is 0. The lowest BCUT2D eigenvalue weighted by molar-refractivity contribution is -0.162. The van der Waals surface area contributed by atoms with Crippen molar-refractivity contribution in [1.29, 1.82) is 0 Å². The average Bonchev–Trinajstić information content (AvgIpc) is 2.22. The van der Waals surface area contributed by atoms with Crippen LogP contribution in [0.4, 0.5) is 0 Å². The van der Waals surface area contributed by atoms with Gasteiger partial charge in [-0.1, -0.05) is 0 Å². The Kier molecular flexibility index (Phi) is 8.02. The Morgan fingerprint density at radius 3 is 1.57 bits per heavy atom. The first-order valence-corrected chi connectivity index (χ1v) is 4.57. The zero-order valence-electron chi connectivity index (χ0n) is 9.23. The molecule has 0 saturated carbocycles. The van der Waals surface area contributed by atoms with Crippen molar-refractivity contribution in [3.63, 3.8) is 0 Å². The zero-order valence-corrected chi connectivity index (χ0v) is 9.23. The Bertz CT molecular complexity index is 116. The normalized spacial score (nSPS) is 17.8. The van der Waals surface area contributed by atoms with Crippen molar-refractivity contribution in [3.05, 3.63) is 0 Å². The molecule has 5 nitrogen and oxygen atoms in total. The van der Waals surface area contributed by atoms with E-state index in [1.165, 1.54) is 0 Å². The minimum atomic E-state index is -0.662. The molecule has 14 heavy (non-hydrogen) atoms. The van der Waals surface area contributed by atoms with E-state index < -0.39 is 6.10 Å². The Morgan fingerprint density at radius 1 is 0.929 bits per heavy atom. The molecule has 86 valence electrons. The van der Waals surface area contributed by atoms with E-state index in [1.807, 2.05) is 0 Å². The lowest BCUT2D eigenvalue weighted by atomic mass is 10.4. The molecule has 0 rings (SSSR count). The number of aliphatic hydroxyl groups excluding tert-OH is 1. The summed E-state index contributed by atoms with van der Waals surface area (Å²) in [6.07, 6.45) is -1.29. The molecule has 0 spiro atoms. The summed E-state index contributed by atoms with van der Waals surface area (Å²) in [4.78, 5) is 0. The van der Waals surface area contributed by atoms with Gasteiger partial charge in [-0.2, -0.15) is 0 Å². The van der Waals surface area contributed by atoms with Gasteiger partial charge in [0, 0.05) is 14.2 Å². The van der Waals surface area contributed by atoms with Crippen molar-refractivity contribution in [1.82, 2.24) is 0 Å². The smallest absolute Gasteiger partial charge is 0.154 e. The van der Waals surface area contributed by atoms with E-state index >= 15 is 0 Å². The van der Waals surface area contributed by atoms with E-state index in [1.54, 1.807) is 28.1 Å². The molecule has 0 heterocycles. The monoisotopic (exact) mass is 208 g/mol. The molecule has 0 aromatic rings. The van der Waals surface area contributed by atoms with Crippen molar-refractivity contribution in [2.24, 2.45) is 0 Å². The van der Waals surface area contributed by atoms with Crippen LogP contribution in [0, 0.1) is 0 Å². The second kappa shape index (κ2) is 8.14. The summed E-state index contributed by atoms with van der Waals surface area (Å²) < 4.78 is 19.9. The van der Waals surface area contributed by atoms with Gasteiger partial charge in [0.05, 0.1) is 13.2 Å². The van der Waals surface area contributed by atoms with E-state index in [9.17, 15) is 5.11 Å². The first-order chi connectivity index (χ1) is 6.60. The van der Waals surface area contributed by atoms with Crippen molar-refractivity contribution in [2.75, 3.05) is 27.4 Å². The zero-order chi connectivity index (χ0) is 11.0. The highest BCUT2D eigenvalue weighted by Crippen LogP contribution is 1.97. The fraction of sp³-hybridized carbons (Fsp3) is 1.00. The van der Waals surface area contributed by atoms with Gasteiger partial charge >= 0.3 is 0 Å². The van der Waals surface area contributed by atoms with E-state index in [4.69, 9.17) is 18.9 Å². The predicted octanol–water partition coefficient (Wildman–Crippen LogP) is 0.365. The molecule has 0 aliphatic rings. The van der Waals surface area contributed by atoms with Crippen LogP contribution in [0.1, 0.15) is 13.8 Å². The van der Waals surface area contributed by atoms with Gasteiger partial charge in [-0.15, -0.1) is 0 Å². The molecule has 1 N–H and O–H groups in total. The second-order valence-corrected chi connectivity index (χ2v) is 2.93. The molecule has 0 aliphatic heterocycles. The third-order valence-corrected chi connectivity index (χ3v) is 1.71. The van der Waals surface area contributed by atoms with Crippen molar-refractivity contribution in [2.45, 2.75) is 32.5 Å². The number of ether oxygens (including phenoxy) is 4. The fourth-order valence-electron chi connectivity index (χ4n) is 0.677. The van der Waals surface area contributed by atoms with Crippen molar-refractivity contribution < 1.29 is 24.1 Å². The van der Waals surface area contributed by atoms with Crippen molar-refractivity contribution >= 4 is 0 Å². The number of aliphatic hydroxyl groups is 1. The molecular formula is C9H20O5. The largest absolute Gasteiger partial charge is 0.388 e. The molecule has 0 saturated heterocycles. The van der Waals surface area contributed by atoms with Gasteiger partial charge in [-0.05, 0) is 13.8 Å². The molecule has 2 atom stereocenters. The van der Waals surface area contributed by atoms with E-state index in [0.29, 0.717) is 0 Å². The Morgan fingerprint density at radius 2 is 1.29 bits per heavy atom. The maximum absolute atomic E-state index is 9.38. The predicted molar refractivity (Wildman–Crippen MR) is 50.9 cm³/mol. The Labute approximate surface area is 84.9 Å². The van der Waals surface area contributed by atoms with E-state index in [-0.39, 0.29) is 25.8 Å². The van der Waals surface area contributed by atoms with Gasteiger partial charge < -0.3 is 24.1 Å². The molecule has 0 bridgehead atoms. The summed E-state index contributed by atoms with van der Waals surface area (Å²) in [5.41, 5.74) is 0. The highest BCUT2D eigenvalue weighted by molar-refractivity contribution is 4.51. The van der Waals surface area contributed by atoms with Gasteiger partial charge in [0.1, 0.15) is 6.10 Å². The van der Waals surface area contributed by atoms with Gasteiger partial charge in [-0.3, -0.25) is 0 Å². The summed E-state index contributed by atoms with van der Waals surface area (Å²) in [5, 5.41) is 9.38. The Hall–Kier alpha value is -0.200. The maximum atomic E-state index is 9.38. The van der Waals surface area contributed by atoms with Crippen LogP contribution in [-0.2, 0) is 18.9 Å². The van der Waals surface area contributed by atoms with Gasteiger partial charge in [0.15, 0.2) is 12.6 Å². The maximum Gasteiger partial charge on any atom is 0.154 e. The highest BCUT2D eigenvalue weighted by atomic mass is 16.7. The molecule has 0 aromatic carbocycles. The number of methoxy groups -OCH3 is 2. The second-order valence-electron chi connectivity index (χ2n) is 2.93. The van der Waals surface area contributed by atoms with E-state index in [2.05, 4.69) is 0 Å². The molecule has 0 aliphatic carbocycles. The summed E-state index contributed by atoms with van der Waals surface area (Å²) in [6.45, 7) is 3.88. The highest BCUT2D eigenvalue weighted by Gasteiger charge is 2.09. The van der Waals surface area contributed by atoms with Crippen LogP contribution in [0.15, 0.2) is 0 Å². The molecule has 0 radical (unpaired) electrons. The average molecular weight is 208 g/mol. The van der Waals surface area contributed by atoms with Crippen LogP contribution < -0.4 is 0 Å². The summed E-state index contributed by atoms with van der Waals surface area (Å²) in [7, 11) is 3.08. The molecule has 2 unspecified atom stereocenters. The van der Waals surface area contributed by atoms with Gasteiger partial charge in [0.2, 0.25) is 0 Å². The lowest BCUT2D eigenvalue weighted by Gasteiger charge is -2.17. The first-order valence-electron chi connectivity index (χ1n) is 4.57. The van der Waals surface area contributed by atoms with Crippen LogP contribution in [0.3, 0.4) is 0 Å². The first kappa shape index (κ1) is 13.8. The SMILES string of the molecule is COC(C)OCC(O)COC(C)OC. The molecule has 0 fully saturated rings. The van der Waals surface area contributed by atoms with Gasteiger partial charge in [0.25, 0.3) is 0 Å². The summed E-state index contributed by atoms with van der Waals surface area (Å²) in [6, 6.07) is 0. The van der Waals surface area contributed by atoms with E-state index in [0.717, 1.165) is 0 Å². The van der Waals surface area contributed by atoms with Gasteiger partial charge in [-0.25, -0.2) is 0 Å². The quantitative estimate of drug-likeness (QED) is 0.584. The third-order valence-electron chi connectivity index (χ3n) is 1.71. The fourth-order valence-corrected chi connectivity index (χ4v) is 0.677. The van der Waals surface area contributed by atoms with Crippen LogP contribution in [0.5, 0.6) is 0 Å². The molecule has 5 heteroatoms. The van der Waals surface area contributed by atoms with Crippen LogP contribution in [0.25, 0.3) is 0 Å². The third kappa shape index (κ3) is 7.23. The Balaban J connectivity index is 3.40. The lowest BCUT2D eigenvalue weighted by Crippen LogP contribution is -2.27. The minimum Gasteiger partial charge on any atom is -0.388 e. The van der Waals surface area contributed by atoms with Crippen LogP contribution >= 0.6 is 0 Å². The minimum absolute atomic E-state index is 0.186. The number of hydrogen-bond acceptors (Lipinski definition) is 5. The standard InChI is InChI=1S/C9H20O5/c1-7(11-3)13-5-9(10)6-14-8(2)12-4/h7-10H,5-6H2,1-4H3. The number of hydrogen-bond donors (Lipinski definition) is 1. The molecule has 0 aromatic heterocycles. The van der Waals surface area contributed by atoms with Crippen molar-refractivity contribution in [3.8, 4) is 0 Å². The molecular weight excluding hydrogens is 188 g/mol. The van der Waals surface area contributed by atoms with Crippen LogP contribution in [0.2, 0.25) is 0 Å².